The van der Waals surface area contributed by atoms with Crippen LogP contribution in [-0.4, -0.2) is 27.3 Å². The summed E-state index contributed by atoms with van der Waals surface area (Å²) >= 11 is 0. The molecular formula is C30H35N3O2. The molecule has 2 aromatic carbocycles. The molecule has 0 amide bonds. The average Bonchev–Trinajstić information content (AvgIpc) is 3.18. The molecule has 1 atom stereocenters. The van der Waals surface area contributed by atoms with Crippen LogP contribution in [0.1, 0.15) is 48.2 Å². The van der Waals surface area contributed by atoms with Crippen molar-refractivity contribution in [2.24, 2.45) is 5.73 Å². The lowest BCUT2D eigenvalue weighted by Gasteiger charge is -2.21. The van der Waals surface area contributed by atoms with Crippen LogP contribution in [0.2, 0.25) is 0 Å². The highest BCUT2D eigenvalue weighted by atomic mass is 16.5. The Bertz CT molecular complexity index is 1250. The van der Waals surface area contributed by atoms with Gasteiger partial charge in [0.05, 0.1) is 6.61 Å². The molecule has 5 rings (SSSR count). The first-order valence-corrected chi connectivity index (χ1v) is 12.9. The van der Waals surface area contributed by atoms with Crippen LogP contribution in [0.5, 0.6) is 11.5 Å². The van der Waals surface area contributed by atoms with Gasteiger partial charge in [0.25, 0.3) is 0 Å². The number of nitrogens with two attached hydrogens (primary N) is 1. The molecule has 0 saturated heterocycles. The number of phenols is 1. The third kappa shape index (κ3) is 5.68. The summed E-state index contributed by atoms with van der Waals surface area (Å²) in [5.41, 5.74) is 12.9. The van der Waals surface area contributed by atoms with E-state index >= 15 is 0 Å². The number of phenolic OH excluding ortho intramolecular Hbond substituents is 1. The van der Waals surface area contributed by atoms with Crippen molar-refractivity contribution >= 4 is 10.9 Å². The highest BCUT2D eigenvalue weighted by Crippen LogP contribution is 2.34. The second-order valence-corrected chi connectivity index (χ2v) is 9.66. The molecule has 0 bridgehead atoms. The lowest BCUT2D eigenvalue weighted by Crippen LogP contribution is -2.28. The number of benzene rings is 2. The van der Waals surface area contributed by atoms with Crippen molar-refractivity contribution in [1.82, 2.24) is 9.55 Å². The van der Waals surface area contributed by atoms with Gasteiger partial charge in [-0.1, -0.05) is 24.6 Å². The number of rotatable bonds is 10. The zero-order chi connectivity index (χ0) is 24.0. The molecule has 182 valence electrons. The highest BCUT2D eigenvalue weighted by Gasteiger charge is 2.23. The number of ether oxygens (including phenoxy) is 1. The zero-order valence-electron chi connectivity index (χ0n) is 20.3. The molecule has 0 radical (unpaired) electrons. The lowest BCUT2D eigenvalue weighted by atomic mass is 9.92. The second-order valence-electron chi connectivity index (χ2n) is 9.66. The maximum absolute atomic E-state index is 9.46. The summed E-state index contributed by atoms with van der Waals surface area (Å²) in [6.07, 6.45) is 10.3. The summed E-state index contributed by atoms with van der Waals surface area (Å²) in [6.45, 7) is 1.65. The van der Waals surface area contributed by atoms with Crippen LogP contribution in [0.4, 0.5) is 0 Å². The van der Waals surface area contributed by atoms with E-state index in [-0.39, 0.29) is 6.04 Å². The topological polar surface area (TPSA) is 73.3 Å². The molecule has 0 fully saturated rings. The van der Waals surface area contributed by atoms with E-state index in [0.29, 0.717) is 12.4 Å². The Hall–Kier alpha value is -3.31. The van der Waals surface area contributed by atoms with Gasteiger partial charge in [0.1, 0.15) is 11.5 Å². The first-order valence-electron chi connectivity index (χ1n) is 12.9. The van der Waals surface area contributed by atoms with Crippen LogP contribution in [0.3, 0.4) is 0 Å². The molecule has 0 saturated carbocycles. The second kappa shape index (κ2) is 11.0. The van der Waals surface area contributed by atoms with E-state index in [0.717, 1.165) is 50.0 Å². The fraction of sp³-hybridized carbons (Fsp3) is 0.367. The summed E-state index contributed by atoms with van der Waals surface area (Å²) < 4.78 is 8.66. The molecule has 2 aromatic heterocycles. The quantitative estimate of drug-likeness (QED) is 0.297. The van der Waals surface area contributed by atoms with E-state index in [1.807, 2.05) is 24.4 Å². The van der Waals surface area contributed by atoms with E-state index in [9.17, 15) is 5.11 Å². The van der Waals surface area contributed by atoms with Crippen molar-refractivity contribution in [3.63, 3.8) is 0 Å². The Kier molecular flexibility index (Phi) is 7.34. The van der Waals surface area contributed by atoms with Crippen LogP contribution >= 0.6 is 0 Å². The van der Waals surface area contributed by atoms with Crippen molar-refractivity contribution < 1.29 is 9.84 Å². The minimum absolute atomic E-state index is 0.235. The van der Waals surface area contributed by atoms with E-state index < -0.39 is 0 Å². The lowest BCUT2D eigenvalue weighted by molar-refractivity contribution is 0.322. The number of fused-ring (bicyclic) bond motifs is 3. The fourth-order valence-corrected chi connectivity index (χ4v) is 5.25. The van der Waals surface area contributed by atoms with Crippen LogP contribution < -0.4 is 10.5 Å². The first-order chi connectivity index (χ1) is 17.2. The number of hydrogen-bond acceptors (Lipinski definition) is 4. The van der Waals surface area contributed by atoms with Gasteiger partial charge in [-0.25, -0.2) is 0 Å². The maximum atomic E-state index is 9.46. The molecule has 35 heavy (non-hydrogen) atoms. The number of nitrogens with zero attached hydrogens (tertiary/aromatic N) is 2. The fourth-order valence-electron chi connectivity index (χ4n) is 5.25. The molecule has 4 aromatic rings. The number of aromatic nitrogens is 2. The normalized spacial score (nSPS) is 15.3. The Labute approximate surface area is 207 Å². The summed E-state index contributed by atoms with van der Waals surface area (Å²) in [5.74, 6) is 1.20. The van der Waals surface area contributed by atoms with E-state index in [1.54, 1.807) is 12.1 Å². The van der Waals surface area contributed by atoms with Crippen LogP contribution in [0.25, 0.3) is 10.9 Å². The zero-order valence-corrected chi connectivity index (χ0v) is 20.3. The first kappa shape index (κ1) is 23.4. The molecule has 0 spiro atoms. The monoisotopic (exact) mass is 469 g/mol. The van der Waals surface area contributed by atoms with E-state index in [4.69, 9.17) is 10.5 Å². The smallest absolute Gasteiger partial charge is 0.120 e. The molecule has 1 aliphatic carbocycles. The SMILES string of the molecule is NC1CCc2c(c3cc(OCCc4ccc(O)cc4)ccc3n2CCCCCc2ccccn2)C1. The van der Waals surface area contributed by atoms with Gasteiger partial charge in [-0.15, -0.1) is 0 Å². The summed E-state index contributed by atoms with van der Waals surface area (Å²) in [5, 5.41) is 10.8. The van der Waals surface area contributed by atoms with Gasteiger partial charge >= 0.3 is 0 Å². The number of unbranched alkanes of at least 4 members (excludes halogenated alkanes) is 2. The van der Waals surface area contributed by atoms with Crippen molar-refractivity contribution in [2.75, 3.05) is 6.61 Å². The molecule has 2 heterocycles. The van der Waals surface area contributed by atoms with Gasteiger partial charge in [0.15, 0.2) is 0 Å². The van der Waals surface area contributed by atoms with Crippen molar-refractivity contribution in [3.8, 4) is 11.5 Å². The molecule has 1 aliphatic rings. The third-order valence-electron chi connectivity index (χ3n) is 7.11. The Balaban J connectivity index is 1.25. The van der Waals surface area contributed by atoms with Crippen LogP contribution in [-0.2, 0) is 32.2 Å². The molecular weight excluding hydrogens is 434 g/mol. The highest BCUT2D eigenvalue weighted by molar-refractivity contribution is 5.87. The molecule has 3 N–H and O–H groups in total. The molecule has 5 nitrogen and oxygen atoms in total. The molecule has 5 heteroatoms. The minimum Gasteiger partial charge on any atom is -0.508 e. The van der Waals surface area contributed by atoms with Crippen LogP contribution in [0.15, 0.2) is 66.9 Å². The van der Waals surface area contributed by atoms with Gasteiger partial charge in [0, 0.05) is 47.5 Å². The third-order valence-corrected chi connectivity index (χ3v) is 7.11. The van der Waals surface area contributed by atoms with Crippen molar-refractivity contribution in [2.45, 2.75) is 64.0 Å². The van der Waals surface area contributed by atoms with Gasteiger partial charge in [-0.05, 0) is 92.1 Å². The Morgan fingerprint density at radius 1 is 1.00 bits per heavy atom. The van der Waals surface area contributed by atoms with Gasteiger partial charge < -0.3 is 20.1 Å². The Morgan fingerprint density at radius 2 is 1.89 bits per heavy atom. The predicted molar refractivity (Wildman–Crippen MR) is 141 cm³/mol. The summed E-state index contributed by atoms with van der Waals surface area (Å²) in [7, 11) is 0. The number of pyridine rings is 1. The standard InChI is InChI=1S/C30H35N3O2/c31-23-10-14-29-27(20-23)28-21-26(35-19-16-22-8-11-25(34)12-9-22)13-15-30(28)33(29)18-5-1-2-6-24-7-3-4-17-32-24/h3-4,7-9,11-13,15,17,21,23,34H,1-2,5-6,10,14,16,18-20,31H2. The molecule has 1 unspecified atom stereocenters. The van der Waals surface area contributed by atoms with Gasteiger partial charge in [0.2, 0.25) is 0 Å². The number of aromatic hydroxyl groups is 1. The van der Waals surface area contributed by atoms with Gasteiger partial charge in [-0.3, -0.25) is 4.98 Å². The molecule has 0 aliphatic heterocycles. The minimum atomic E-state index is 0.235. The predicted octanol–water partition coefficient (Wildman–Crippen LogP) is 5.59. The number of aryl methyl sites for hydroxylation is 2. The average molecular weight is 470 g/mol. The van der Waals surface area contributed by atoms with Crippen molar-refractivity contribution in [1.29, 1.82) is 0 Å². The largest absolute Gasteiger partial charge is 0.508 e. The summed E-state index contributed by atoms with van der Waals surface area (Å²) in [4.78, 5) is 4.44. The van der Waals surface area contributed by atoms with Gasteiger partial charge in [-0.2, -0.15) is 0 Å². The number of hydrogen-bond donors (Lipinski definition) is 2. The summed E-state index contributed by atoms with van der Waals surface area (Å²) in [6, 6.07) is 20.2. The van der Waals surface area contributed by atoms with Crippen molar-refractivity contribution in [3.05, 3.63) is 89.4 Å². The van der Waals surface area contributed by atoms with Crippen LogP contribution in [0, 0.1) is 0 Å². The Morgan fingerprint density at radius 3 is 2.71 bits per heavy atom. The maximum Gasteiger partial charge on any atom is 0.120 e. The van der Waals surface area contributed by atoms with E-state index in [1.165, 1.54) is 47.1 Å². The van der Waals surface area contributed by atoms with E-state index in [2.05, 4.69) is 39.9 Å².